The van der Waals surface area contributed by atoms with Crippen molar-refractivity contribution in [3.8, 4) is 5.75 Å². The molecule has 2 aromatic carbocycles. The van der Waals surface area contributed by atoms with Crippen molar-refractivity contribution in [2.45, 2.75) is 25.2 Å². The molecule has 1 aliphatic heterocycles. The Labute approximate surface area is 195 Å². The Hall–Kier alpha value is -2.62. The zero-order chi connectivity index (χ0) is 23.3. The number of para-hydroxylation sites is 2. The number of aliphatic hydroxyl groups is 2. The Morgan fingerprint density at radius 3 is 2.25 bits per heavy atom. The van der Waals surface area contributed by atoms with Gasteiger partial charge in [-0.25, -0.2) is 0 Å². The third-order valence-corrected chi connectivity index (χ3v) is 6.10. The Morgan fingerprint density at radius 2 is 1.62 bits per heavy atom. The van der Waals surface area contributed by atoms with E-state index in [4.69, 9.17) is 4.74 Å². The number of rotatable bonds is 7. The number of nitrogens with zero attached hydrogens (tertiary/aromatic N) is 2. The van der Waals surface area contributed by atoms with Gasteiger partial charge >= 0.3 is 0 Å². The van der Waals surface area contributed by atoms with Crippen molar-refractivity contribution < 1.29 is 24.5 Å². The molecule has 0 saturated carbocycles. The zero-order valence-electron chi connectivity index (χ0n) is 18.1. The maximum Gasteiger partial charge on any atom is 0.254 e. The first-order chi connectivity index (χ1) is 15.3. The van der Waals surface area contributed by atoms with Crippen molar-refractivity contribution in [3.05, 3.63) is 58.6 Å². The molecule has 3 unspecified atom stereocenters. The van der Waals surface area contributed by atoms with Crippen LogP contribution >= 0.6 is 15.9 Å². The maximum atomic E-state index is 12.7. The Balaban J connectivity index is 1.54. The van der Waals surface area contributed by atoms with Crippen LogP contribution in [0.25, 0.3) is 0 Å². The van der Waals surface area contributed by atoms with Gasteiger partial charge in [-0.1, -0.05) is 40.2 Å². The van der Waals surface area contributed by atoms with Gasteiger partial charge in [0.05, 0.1) is 18.8 Å². The van der Waals surface area contributed by atoms with Gasteiger partial charge in [0.2, 0.25) is 0 Å². The van der Waals surface area contributed by atoms with Gasteiger partial charge in [-0.15, -0.1) is 0 Å². The minimum atomic E-state index is -1.85. The lowest BCUT2D eigenvalue weighted by Crippen LogP contribution is -2.55. The van der Waals surface area contributed by atoms with E-state index in [0.29, 0.717) is 26.2 Å². The van der Waals surface area contributed by atoms with Gasteiger partial charge in [-0.05, 0) is 36.8 Å². The summed E-state index contributed by atoms with van der Waals surface area (Å²) in [5.41, 5.74) is 1.77. The minimum Gasteiger partial charge on any atom is -0.495 e. The van der Waals surface area contributed by atoms with Crippen LogP contribution in [0.4, 0.5) is 5.69 Å². The van der Waals surface area contributed by atoms with E-state index in [-0.39, 0.29) is 0 Å². The van der Waals surface area contributed by atoms with E-state index in [1.54, 1.807) is 14.0 Å². The molecular weight excluding hydrogens is 478 g/mol. The van der Waals surface area contributed by atoms with Gasteiger partial charge in [0.15, 0.2) is 12.2 Å². The number of carbonyl (C=O) groups is 2. The largest absolute Gasteiger partial charge is 0.495 e. The number of amides is 2. The standard InChI is InChI=1S/C23H28BrN3O5/c1-15(16-7-9-17(24)10-8-16)25-22(30)20(28)21(29)23(31)27-13-11-26(12-14-27)18-5-3-4-6-19(18)32-2/h3-10,15,20-21,28-29H,11-14H2,1-2H3,(H,25,30). The summed E-state index contributed by atoms with van der Waals surface area (Å²) in [6.45, 7) is 3.57. The molecule has 3 rings (SSSR count). The summed E-state index contributed by atoms with van der Waals surface area (Å²) >= 11 is 3.35. The van der Waals surface area contributed by atoms with E-state index >= 15 is 0 Å². The highest BCUT2D eigenvalue weighted by Gasteiger charge is 2.35. The van der Waals surface area contributed by atoms with Gasteiger partial charge in [0, 0.05) is 30.7 Å². The lowest BCUT2D eigenvalue weighted by atomic mass is 10.1. The number of carbonyl (C=O) groups excluding carboxylic acids is 2. The number of hydrogen-bond donors (Lipinski definition) is 3. The van der Waals surface area contributed by atoms with Gasteiger partial charge in [-0.3, -0.25) is 9.59 Å². The fourth-order valence-electron chi connectivity index (χ4n) is 3.66. The topological polar surface area (TPSA) is 102 Å². The molecule has 2 aromatic rings. The van der Waals surface area contributed by atoms with Crippen molar-refractivity contribution in [2.75, 3.05) is 38.2 Å². The summed E-state index contributed by atoms with van der Waals surface area (Å²) in [6, 6.07) is 14.6. The third kappa shape index (κ3) is 5.59. The summed E-state index contributed by atoms with van der Waals surface area (Å²) in [4.78, 5) is 28.7. The van der Waals surface area contributed by atoms with E-state index in [9.17, 15) is 19.8 Å². The number of nitrogens with one attached hydrogen (secondary N) is 1. The number of benzene rings is 2. The Morgan fingerprint density at radius 1 is 1.00 bits per heavy atom. The van der Waals surface area contributed by atoms with Crippen molar-refractivity contribution in [3.63, 3.8) is 0 Å². The van der Waals surface area contributed by atoms with Crippen molar-refractivity contribution in [1.82, 2.24) is 10.2 Å². The third-order valence-electron chi connectivity index (χ3n) is 5.57. The first-order valence-corrected chi connectivity index (χ1v) is 11.2. The zero-order valence-corrected chi connectivity index (χ0v) is 19.7. The highest BCUT2D eigenvalue weighted by molar-refractivity contribution is 9.10. The lowest BCUT2D eigenvalue weighted by molar-refractivity contribution is -0.153. The number of hydrogen-bond acceptors (Lipinski definition) is 6. The van der Waals surface area contributed by atoms with E-state index in [1.807, 2.05) is 48.5 Å². The van der Waals surface area contributed by atoms with Crippen molar-refractivity contribution in [2.24, 2.45) is 0 Å². The van der Waals surface area contributed by atoms with Crippen LogP contribution in [0.5, 0.6) is 5.75 Å². The average Bonchev–Trinajstić information content (AvgIpc) is 2.83. The molecule has 0 aliphatic carbocycles. The predicted octanol–water partition coefficient (Wildman–Crippen LogP) is 1.71. The second kappa shape index (κ2) is 10.8. The van der Waals surface area contributed by atoms with Crippen LogP contribution in [0.3, 0.4) is 0 Å². The predicted molar refractivity (Wildman–Crippen MR) is 125 cm³/mol. The fraction of sp³-hybridized carbons (Fsp3) is 0.391. The molecule has 0 bridgehead atoms. The molecule has 172 valence electrons. The van der Waals surface area contributed by atoms with Crippen molar-refractivity contribution in [1.29, 1.82) is 0 Å². The Bertz CT molecular complexity index is 931. The van der Waals surface area contributed by atoms with Gasteiger partial charge in [0.1, 0.15) is 5.75 Å². The van der Waals surface area contributed by atoms with Crippen LogP contribution in [-0.4, -0.2) is 72.4 Å². The second-order valence-corrected chi connectivity index (χ2v) is 8.57. The first-order valence-electron chi connectivity index (χ1n) is 10.4. The average molecular weight is 506 g/mol. The number of anilines is 1. The molecule has 0 radical (unpaired) electrons. The molecule has 0 spiro atoms. The molecule has 0 aromatic heterocycles. The maximum absolute atomic E-state index is 12.7. The van der Waals surface area contributed by atoms with Gasteiger partial charge in [-0.2, -0.15) is 0 Å². The molecule has 9 heteroatoms. The summed E-state index contributed by atoms with van der Waals surface area (Å²) < 4.78 is 6.31. The minimum absolute atomic E-state index is 0.359. The monoisotopic (exact) mass is 505 g/mol. The quantitative estimate of drug-likeness (QED) is 0.529. The van der Waals surface area contributed by atoms with Crippen LogP contribution < -0.4 is 15.0 Å². The van der Waals surface area contributed by atoms with Crippen LogP contribution in [0.15, 0.2) is 53.0 Å². The van der Waals surface area contributed by atoms with Crippen LogP contribution in [0.2, 0.25) is 0 Å². The summed E-state index contributed by atoms with van der Waals surface area (Å²) in [7, 11) is 1.61. The molecule has 1 saturated heterocycles. The summed E-state index contributed by atoms with van der Waals surface area (Å²) in [6.07, 6.45) is -3.68. The summed E-state index contributed by atoms with van der Waals surface area (Å²) in [5.74, 6) is -0.711. The van der Waals surface area contributed by atoms with Crippen LogP contribution in [-0.2, 0) is 9.59 Å². The smallest absolute Gasteiger partial charge is 0.254 e. The number of methoxy groups -OCH3 is 1. The van der Waals surface area contributed by atoms with E-state index < -0.39 is 30.1 Å². The second-order valence-electron chi connectivity index (χ2n) is 7.66. The highest BCUT2D eigenvalue weighted by atomic mass is 79.9. The lowest BCUT2D eigenvalue weighted by Gasteiger charge is -2.37. The molecule has 2 amide bonds. The molecule has 3 N–H and O–H groups in total. The first kappa shape index (κ1) is 24.0. The van der Waals surface area contributed by atoms with E-state index in [0.717, 1.165) is 21.5 Å². The highest BCUT2D eigenvalue weighted by Crippen LogP contribution is 2.28. The molecular formula is C23H28BrN3O5. The molecule has 8 nitrogen and oxygen atoms in total. The molecule has 1 aliphatic rings. The normalized spacial score (nSPS) is 16.8. The van der Waals surface area contributed by atoms with Crippen LogP contribution in [0.1, 0.15) is 18.5 Å². The SMILES string of the molecule is COc1ccccc1N1CCN(C(=O)C(O)C(O)C(=O)NC(C)c2ccc(Br)cc2)CC1. The van der Waals surface area contributed by atoms with Gasteiger partial charge in [0.25, 0.3) is 11.8 Å². The van der Waals surface area contributed by atoms with Gasteiger partial charge < -0.3 is 30.1 Å². The fourth-order valence-corrected chi connectivity index (χ4v) is 3.92. The number of piperazine rings is 1. The van der Waals surface area contributed by atoms with Crippen molar-refractivity contribution >= 4 is 33.4 Å². The number of aliphatic hydroxyl groups excluding tert-OH is 2. The summed E-state index contributed by atoms with van der Waals surface area (Å²) in [5, 5.41) is 23.3. The van der Waals surface area contributed by atoms with E-state index in [1.165, 1.54) is 4.90 Å². The molecule has 1 heterocycles. The number of ether oxygens (including phenoxy) is 1. The Kier molecular flexibility index (Phi) is 8.11. The number of halogens is 1. The molecule has 3 atom stereocenters. The van der Waals surface area contributed by atoms with E-state index in [2.05, 4.69) is 26.1 Å². The molecule has 32 heavy (non-hydrogen) atoms. The molecule has 1 fully saturated rings. The van der Waals surface area contributed by atoms with Crippen LogP contribution in [0, 0.1) is 0 Å².